The van der Waals surface area contributed by atoms with Gasteiger partial charge in [-0.25, -0.2) is 14.8 Å². The second-order valence-electron chi connectivity index (χ2n) is 15.3. The fraction of sp³-hybridized carbons (Fsp3) is 0.591. The van der Waals surface area contributed by atoms with E-state index >= 15 is 0 Å². The SMILES string of the molecule is COC(=O)c1coc(-c2coc(/C=C/CC[C@H](C)[C@H](C[C@@H](OC)[C@H](C)CCC(=O)[C@H](C)[C@H](C/C=C/N(C)C=O)OC)OC(=O)C[C@@H](O)C/C=C/C(=O)[C@@H](C)[C@@H](OC)C(N)=O)n2)n1. The molecular weight excluding hydrogens is 808 g/mol. The Kier molecular flexibility index (Phi) is 23.5. The Balaban J connectivity index is 2.13. The van der Waals surface area contributed by atoms with Crippen molar-refractivity contribution in [3.63, 3.8) is 0 Å². The molecule has 0 aromatic carbocycles. The summed E-state index contributed by atoms with van der Waals surface area (Å²) < 4.78 is 38.0. The fourth-order valence-electron chi connectivity index (χ4n) is 6.56. The maximum absolute atomic E-state index is 13.3. The van der Waals surface area contributed by atoms with E-state index in [0.29, 0.717) is 38.5 Å². The summed E-state index contributed by atoms with van der Waals surface area (Å²) in [6.45, 7) is 7.24. The number of allylic oxidation sites excluding steroid dienone is 2. The van der Waals surface area contributed by atoms with Crippen molar-refractivity contribution in [3.8, 4) is 11.6 Å². The molecule has 344 valence electrons. The van der Waals surface area contributed by atoms with E-state index in [9.17, 15) is 33.9 Å². The second-order valence-corrected chi connectivity index (χ2v) is 15.3. The molecule has 0 spiro atoms. The van der Waals surface area contributed by atoms with Crippen molar-refractivity contribution in [3.05, 3.63) is 54.6 Å². The molecular formula is C44H64N4O14. The summed E-state index contributed by atoms with van der Waals surface area (Å²) in [6.07, 6.45) is 11.3. The number of Topliss-reactive ketones (excluding diaryl/α,β-unsaturated/α-hetero) is 1. The van der Waals surface area contributed by atoms with E-state index in [0.717, 1.165) is 6.26 Å². The normalized spacial score (nSPS) is 16.3. The molecule has 0 unspecified atom stereocenters. The zero-order valence-electron chi connectivity index (χ0n) is 37.2. The minimum Gasteiger partial charge on any atom is -0.464 e. The maximum Gasteiger partial charge on any atom is 0.360 e. The first-order valence-electron chi connectivity index (χ1n) is 20.5. The number of aliphatic hydroxyl groups is 1. The minimum atomic E-state index is -1.16. The smallest absolute Gasteiger partial charge is 0.360 e. The van der Waals surface area contributed by atoms with Crippen molar-refractivity contribution in [1.82, 2.24) is 14.9 Å². The van der Waals surface area contributed by atoms with Gasteiger partial charge >= 0.3 is 11.9 Å². The van der Waals surface area contributed by atoms with Crippen molar-refractivity contribution in [2.24, 2.45) is 29.4 Å². The van der Waals surface area contributed by atoms with E-state index in [4.69, 9.17) is 33.5 Å². The Morgan fingerprint density at radius 2 is 1.55 bits per heavy atom. The van der Waals surface area contributed by atoms with Crippen molar-refractivity contribution in [2.75, 3.05) is 35.5 Å². The number of nitrogens with zero attached hydrogens (tertiary/aromatic N) is 3. The fourth-order valence-corrected chi connectivity index (χ4v) is 6.56. The standard InChI is InChI=1S/C44H64N4O14/c1-27(14-10-11-18-39-46-32(24-60-39)43-47-33(25-61-43)44(55)59-9)38(62-40(53)22-31(50)15-12-16-34(51)30(4)41(58-8)42(45)54)23-37(57-7)28(2)19-20-35(52)29(3)36(56-6)17-13-21-48(5)26-49/h11-13,16,18,21,24-31,36-38,41,50H,10,14-15,17,19-20,22-23H2,1-9H3,(H2,45,54)/b16-12+,18-11+,21-13+/t27-,28+,29-,30+,31-,36-,37+,38-,41+/m0/s1. The van der Waals surface area contributed by atoms with Gasteiger partial charge in [-0.2, -0.15) is 0 Å². The Labute approximate surface area is 363 Å². The van der Waals surface area contributed by atoms with Gasteiger partial charge in [-0.15, -0.1) is 0 Å². The quantitative estimate of drug-likeness (QED) is 0.0581. The van der Waals surface area contributed by atoms with Gasteiger partial charge in [0.15, 0.2) is 17.2 Å². The van der Waals surface area contributed by atoms with Crippen LogP contribution in [0.2, 0.25) is 0 Å². The molecule has 2 aromatic heterocycles. The Morgan fingerprint density at radius 1 is 0.855 bits per heavy atom. The van der Waals surface area contributed by atoms with Gasteiger partial charge in [0.2, 0.25) is 24.1 Å². The summed E-state index contributed by atoms with van der Waals surface area (Å²) in [7, 11) is 7.24. The van der Waals surface area contributed by atoms with Gasteiger partial charge in [0, 0.05) is 53.3 Å². The van der Waals surface area contributed by atoms with Crippen LogP contribution in [-0.2, 0) is 47.7 Å². The highest BCUT2D eigenvalue weighted by atomic mass is 16.5. The van der Waals surface area contributed by atoms with Crippen LogP contribution in [0.1, 0.15) is 95.4 Å². The summed E-state index contributed by atoms with van der Waals surface area (Å²) in [5, 5.41) is 10.7. The number of ketones is 2. The van der Waals surface area contributed by atoms with E-state index in [-0.39, 0.29) is 66.2 Å². The lowest BCUT2D eigenvalue weighted by atomic mass is 9.86. The lowest BCUT2D eigenvalue weighted by Crippen LogP contribution is -2.38. The van der Waals surface area contributed by atoms with Gasteiger partial charge < -0.3 is 48.3 Å². The first kappa shape index (κ1) is 52.8. The van der Waals surface area contributed by atoms with Gasteiger partial charge in [0.05, 0.1) is 37.8 Å². The van der Waals surface area contributed by atoms with Crippen LogP contribution in [0, 0.1) is 23.7 Å². The number of esters is 2. The van der Waals surface area contributed by atoms with Gasteiger partial charge in [-0.3, -0.25) is 24.0 Å². The third-order valence-corrected chi connectivity index (χ3v) is 10.6. The number of methoxy groups -OCH3 is 4. The Bertz CT molecular complexity index is 1820. The van der Waals surface area contributed by atoms with Gasteiger partial charge in [-0.05, 0) is 56.1 Å². The Morgan fingerprint density at radius 3 is 2.18 bits per heavy atom. The molecule has 0 aliphatic carbocycles. The van der Waals surface area contributed by atoms with E-state index in [2.05, 4.69) is 14.7 Å². The molecule has 0 saturated heterocycles. The zero-order chi connectivity index (χ0) is 46.4. The van der Waals surface area contributed by atoms with Crippen LogP contribution in [0.4, 0.5) is 0 Å². The highest BCUT2D eigenvalue weighted by Gasteiger charge is 2.31. The van der Waals surface area contributed by atoms with E-state index < -0.39 is 59.9 Å². The first-order valence-corrected chi connectivity index (χ1v) is 20.5. The summed E-state index contributed by atoms with van der Waals surface area (Å²) in [4.78, 5) is 83.1. The topological polar surface area (TPSA) is 250 Å². The molecule has 2 amide bonds. The van der Waals surface area contributed by atoms with Gasteiger partial charge in [0.1, 0.15) is 30.5 Å². The molecule has 9 atom stereocenters. The summed E-state index contributed by atoms with van der Waals surface area (Å²) in [6, 6.07) is 0. The van der Waals surface area contributed by atoms with Crippen LogP contribution >= 0.6 is 0 Å². The number of ether oxygens (including phenoxy) is 5. The minimum absolute atomic E-state index is 0.00606. The number of nitrogens with two attached hydrogens (primary N) is 1. The molecule has 18 heteroatoms. The number of aliphatic hydroxyl groups excluding tert-OH is 1. The highest BCUT2D eigenvalue weighted by molar-refractivity contribution is 5.96. The van der Waals surface area contributed by atoms with Crippen LogP contribution in [0.3, 0.4) is 0 Å². The number of carbonyl (C=O) groups is 6. The van der Waals surface area contributed by atoms with E-state index in [1.165, 1.54) is 44.5 Å². The average Bonchev–Trinajstić information content (AvgIpc) is 3.94. The van der Waals surface area contributed by atoms with E-state index in [1.807, 2.05) is 26.8 Å². The molecule has 18 nitrogen and oxygen atoms in total. The lowest BCUT2D eigenvalue weighted by molar-refractivity contribution is -0.156. The predicted molar refractivity (Wildman–Crippen MR) is 226 cm³/mol. The molecule has 0 aliphatic heterocycles. The number of rotatable bonds is 31. The largest absolute Gasteiger partial charge is 0.464 e. The second kappa shape index (κ2) is 27.6. The Hall–Kier alpha value is -5.30. The molecule has 2 rings (SSSR count). The number of primary amides is 1. The van der Waals surface area contributed by atoms with Crippen LogP contribution < -0.4 is 5.73 Å². The highest BCUT2D eigenvalue weighted by Crippen LogP contribution is 2.28. The van der Waals surface area contributed by atoms with Crippen molar-refractivity contribution in [2.45, 2.75) is 110 Å². The molecule has 0 saturated carbocycles. The molecule has 0 fully saturated rings. The van der Waals surface area contributed by atoms with Crippen LogP contribution in [0.5, 0.6) is 0 Å². The summed E-state index contributed by atoms with van der Waals surface area (Å²) >= 11 is 0. The number of hydrogen-bond acceptors (Lipinski definition) is 16. The number of carbonyl (C=O) groups excluding carboxylic acids is 6. The maximum atomic E-state index is 13.3. The summed E-state index contributed by atoms with van der Waals surface area (Å²) in [5.74, 6) is -3.65. The van der Waals surface area contributed by atoms with Crippen molar-refractivity contribution in [1.29, 1.82) is 0 Å². The van der Waals surface area contributed by atoms with Crippen LogP contribution in [0.25, 0.3) is 17.7 Å². The molecule has 2 heterocycles. The zero-order valence-corrected chi connectivity index (χ0v) is 37.2. The van der Waals surface area contributed by atoms with Crippen molar-refractivity contribution < 1.29 is 66.4 Å². The molecule has 2 aromatic rings. The monoisotopic (exact) mass is 872 g/mol. The number of hydrogen-bond donors (Lipinski definition) is 2. The number of oxazole rings is 2. The molecule has 3 N–H and O–H groups in total. The van der Waals surface area contributed by atoms with Crippen LogP contribution in [-0.4, -0.2) is 122 Å². The molecule has 0 aliphatic rings. The molecule has 0 radical (unpaired) electrons. The number of aromatic nitrogens is 2. The number of amides is 2. The predicted octanol–water partition coefficient (Wildman–Crippen LogP) is 4.89. The molecule has 0 bridgehead atoms. The third-order valence-electron chi connectivity index (χ3n) is 10.6. The van der Waals surface area contributed by atoms with Gasteiger partial charge in [-0.1, -0.05) is 45.9 Å². The third kappa shape index (κ3) is 17.6. The molecule has 62 heavy (non-hydrogen) atoms. The van der Waals surface area contributed by atoms with E-state index in [1.54, 1.807) is 39.6 Å². The average molecular weight is 873 g/mol. The summed E-state index contributed by atoms with van der Waals surface area (Å²) in [5.41, 5.74) is 5.58. The van der Waals surface area contributed by atoms with Gasteiger partial charge in [0.25, 0.3) is 0 Å². The van der Waals surface area contributed by atoms with Crippen LogP contribution in [0.15, 0.2) is 51.9 Å². The lowest BCUT2D eigenvalue weighted by Gasteiger charge is -2.31. The first-order chi connectivity index (χ1) is 29.5. The van der Waals surface area contributed by atoms with Crippen molar-refractivity contribution >= 4 is 41.9 Å².